The Kier molecular flexibility index (Phi) is 8.32. The van der Waals surface area contributed by atoms with Crippen LogP contribution < -0.4 is 10.6 Å². The number of esters is 1. The highest BCUT2D eigenvalue weighted by Gasteiger charge is 2.20. The zero-order chi connectivity index (χ0) is 18.9. The minimum Gasteiger partial charge on any atom is -0.462 e. The van der Waals surface area contributed by atoms with Crippen LogP contribution in [-0.4, -0.2) is 48.8 Å². The Labute approximate surface area is 162 Å². The molecule has 0 unspecified atom stereocenters. The summed E-state index contributed by atoms with van der Waals surface area (Å²) in [5.74, 6) is 1.27. The Bertz CT molecular complexity index is 598. The number of rotatable bonds is 7. The number of carbonyl (C=O) groups is 1. The minimum atomic E-state index is -0.319. The predicted molar refractivity (Wildman–Crippen MR) is 111 cm³/mol. The first-order chi connectivity index (χ1) is 12.5. The van der Waals surface area contributed by atoms with E-state index in [0.29, 0.717) is 17.3 Å². The summed E-state index contributed by atoms with van der Waals surface area (Å²) in [6.07, 6.45) is 2.40. The molecule has 1 fully saturated rings. The van der Waals surface area contributed by atoms with E-state index in [1.807, 2.05) is 12.1 Å². The lowest BCUT2D eigenvalue weighted by Gasteiger charge is -2.35. The first kappa shape index (κ1) is 20.6. The summed E-state index contributed by atoms with van der Waals surface area (Å²) < 4.78 is 5.02. The number of nitrogens with zero attached hydrogens (tertiary/aromatic N) is 1. The molecule has 1 aromatic rings. The number of benzene rings is 1. The maximum absolute atomic E-state index is 11.8. The number of hydrogen-bond donors (Lipinski definition) is 2. The summed E-state index contributed by atoms with van der Waals surface area (Å²) in [5, 5.41) is 6.95. The highest BCUT2D eigenvalue weighted by molar-refractivity contribution is 7.80. The lowest BCUT2D eigenvalue weighted by atomic mass is 9.92. The number of thiocarbonyl (C=S) groups is 1. The van der Waals surface area contributed by atoms with Crippen molar-refractivity contribution in [1.29, 1.82) is 0 Å². The predicted octanol–water partition coefficient (Wildman–Crippen LogP) is 3.52. The average Bonchev–Trinajstić information content (AvgIpc) is 2.58. The van der Waals surface area contributed by atoms with Gasteiger partial charge in [0.2, 0.25) is 0 Å². The molecule has 0 radical (unpaired) electrons. The number of nitrogens with one attached hydrogen (secondary N) is 2. The Morgan fingerprint density at radius 2 is 2.04 bits per heavy atom. The molecule has 0 bridgehead atoms. The van der Waals surface area contributed by atoms with Gasteiger partial charge in [0.15, 0.2) is 5.11 Å². The van der Waals surface area contributed by atoms with Gasteiger partial charge < -0.3 is 20.3 Å². The molecule has 0 aliphatic carbocycles. The number of carbonyl (C=O) groups excluding carboxylic acids is 1. The van der Waals surface area contributed by atoms with E-state index in [-0.39, 0.29) is 5.97 Å². The lowest BCUT2D eigenvalue weighted by molar-refractivity contribution is 0.0526. The Morgan fingerprint density at radius 3 is 2.73 bits per heavy atom. The molecule has 1 heterocycles. The SMILES string of the molecule is CCOC(=O)c1cccc(NC(=S)NCCCN2C[C@H](C)C[C@H](C)C2)c1. The molecule has 26 heavy (non-hydrogen) atoms. The Balaban J connectivity index is 1.70. The van der Waals surface area contributed by atoms with E-state index in [1.165, 1.54) is 19.5 Å². The zero-order valence-corrected chi connectivity index (χ0v) is 16.9. The summed E-state index contributed by atoms with van der Waals surface area (Å²) in [7, 11) is 0. The van der Waals surface area contributed by atoms with Crippen LogP contribution in [0.1, 0.15) is 44.0 Å². The van der Waals surface area contributed by atoms with Crippen molar-refractivity contribution in [2.75, 3.05) is 38.1 Å². The van der Waals surface area contributed by atoms with Crippen LogP contribution in [0.15, 0.2) is 24.3 Å². The van der Waals surface area contributed by atoms with E-state index >= 15 is 0 Å². The van der Waals surface area contributed by atoms with Crippen molar-refractivity contribution in [2.45, 2.75) is 33.6 Å². The van der Waals surface area contributed by atoms with E-state index in [1.54, 1.807) is 19.1 Å². The van der Waals surface area contributed by atoms with Crippen molar-refractivity contribution >= 4 is 29.0 Å². The molecule has 0 spiro atoms. The van der Waals surface area contributed by atoms with Crippen LogP contribution >= 0.6 is 12.2 Å². The van der Waals surface area contributed by atoms with Crippen molar-refractivity contribution < 1.29 is 9.53 Å². The summed E-state index contributed by atoms with van der Waals surface area (Å²) in [6.45, 7) is 11.2. The van der Waals surface area contributed by atoms with Crippen molar-refractivity contribution in [3.05, 3.63) is 29.8 Å². The monoisotopic (exact) mass is 377 g/mol. The van der Waals surface area contributed by atoms with Gasteiger partial charge in [-0.2, -0.15) is 0 Å². The van der Waals surface area contributed by atoms with Gasteiger partial charge in [-0.1, -0.05) is 19.9 Å². The highest BCUT2D eigenvalue weighted by Crippen LogP contribution is 2.20. The summed E-state index contributed by atoms with van der Waals surface area (Å²) in [4.78, 5) is 14.3. The Hall–Kier alpha value is -1.66. The second kappa shape index (κ2) is 10.5. The van der Waals surface area contributed by atoms with Crippen LogP contribution in [-0.2, 0) is 4.74 Å². The minimum absolute atomic E-state index is 0.319. The molecule has 6 heteroatoms. The number of ether oxygens (including phenoxy) is 1. The van der Waals surface area contributed by atoms with Crippen molar-refractivity contribution in [1.82, 2.24) is 10.2 Å². The molecule has 2 rings (SSSR count). The third kappa shape index (κ3) is 6.92. The smallest absolute Gasteiger partial charge is 0.338 e. The molecule has 2 N–H and O–H groups in total. The summed E-state index contributed by atoms with van der Waals surface area (Å²) in [6, 6.07) is 7.19. The fourth-order valence-electron chi connectivity index (χ4n) is 3.59. The number of anilines is 1. The average molecular weight is 378 g/mol. The Morgan fingerprint density at radius 1 is 1.31 bits per heavy atom. The molecule has 1 aromatic carbocycles. The maximum atomic E-state index is 11.8. The fraction of sp³-hybridized carbons (Fsp3) is 0.600. The molecule has 1 saturated heterocycles. The van der Waals surface area contributed by atoms with Crippen molar-refractivity contribution in [2.24, 2.45) is 11.8 Å². The van der Waals surface area contributed by atoms with Gasteiger partial charge in [-0.25, -0.2) is 4.79 Å². The van der Waals surface area contributed by atoms with E-state index in [9.17, 15) is 4.79 Å². The topological polar surface area (TPSA) is 53.6 Å². The fourth-order valence-corrected chi connectivity index (χ4v) is 3.81. The van der Waals surface area contributed by atoms with Crippen LogP contribution in [0.3, 0.4) is 0 Å². The van der Waals surface area contributed by atoms with Crippen LogP contribution in [0, 0.1) is 11.8 Å². The van der Waals surface area contributed by atoms with Crippen molar-refractivity contribution in [3.63, 3.8) is 0 Å². The first-order valence-corrected chi connectivity index (χ1v) is 9.93. The number of piperidine rings is 1. The van der Waals surface area contributed by atoms with Crippen LogP contribution in [0.5, 0.6) is 0 Å². The molecule has 1 aliphatic heterocycles. The molecule has 5 nitrogen and oxygen atoms in total. The quantitative estimate of drug-likeness (QED) is 0.431. The molecular formula is C20H31N3O2S. The van der Waals surface area contributed by atoms with Gasteiger partial charge in [0, 0.05) is 25.3 Å². The zero-order valence-electron chi connectivity index (χ0n) is 16.1. The lowest BCUT2D eigenvalue weighted by Crippen LogP contribution is -2.40. The third-order valence-electron chi connectivity index (χ3n) is 4.51. The molecule has 144 valence electrons. The van der Waals surface area contributed by atoms with Crippen LogP contribution in [0.2, 0.25) is 0 Å². The summed E-state index contributed by atoms with van der Waals surface area (Å²) in [5.41, 5.74) is 1.31. The van der Waals surface area contributed by atoms with E-state index in [0.717, 1.165) is 37.0 Å². The number of likely N-dealkylation sites (tertiary alicyclic amines) is 1. The normalized spacial score (nSPS) is 20.4. The van der Waals surface area contributed by atoms with Gasteiger partial charge >= 0.3 is 5.97 Å². The van der Waals surface area contributed by atoms with Crippen molar-refractivity contribution in [3.8, 4) is 0 Å². The second-order valence-corrected chi connectivity index (χ2v) is 7.65. The standard InChI is InChI=1S/C20H31N3O2S/c1-4-25-19(24)17-7-5-8-18(12-17)22-20(26)21-9-6-10-23-13-15(2)11-16(3)14-23/h5,7-8,12,15-16H,4,6,9-11,13-14H2,1-3H3,(H2,21,22,26)/t15-,16+. The molecule has 0 aromatic heterocycles. The molecule has 2 atom stereocenters. The van der Waals surface area contributed by atoms with Gasteiger partial charge in [0.05, 0.1) is 12.2 Å². The second-order valence-electron chi connectivity index (χ2n) is 7.24. The van der Waals surface area contributed by atoms with E-state index in [2.05, 4.69) is 29.4 Å². The van der Waals surface area contributed by atoms with Crippen LogP contribution in [0.25, 0.3) is 0 Å². The highest BCUT2D eigenvalue weighted by atomic mass is 32.1. The van der Waals surface area contributed by atoms with E-state index < -0.39 is 0 Å². The van der Waals surface area contributed by atoms with Crippen LogP contribution in [0.4, 0.5) is 5.69 Å². The first-order valence-electron chi connectivity index (χ1n) is 9.52. The molecule has 0 saturated carbocycles. The van der Waals surface area contributed by atoms with Gasteiger partial charge in [-0.3, -0.25) is 0 Å². The van der Waals surface area contributed by atoms with Gasteiger partial charge in [0.25, 0.3) is 0 Å². The van der Waals surface area contributed by atoms with Gasteiger partial charge in [0.1, 0.15) is 0 Å². The summed E-state index contributed by atoms with van der Waals surface area (Å²) >= 11 is 5.35. The third-order valence-corrected chi connectivity index (χ3v) is 4.76. The molecule has 0 amide bonds. The van der Waals surface area contributed by atoms with Gasteiger partial charge in [-0.05, 0) is 68.6 Å². The number of hydrogen-bond acceptors (Lipinski definition) is 4. The maximum Gasteiger partial charge on any atom is 0.338 e. The largest absolute Gasteiger partial charge is 0.462 e. The van der Waals surface area contributed by atoms with E-state index in [4.69, 9.17) is 17.0 Å². The molecule has 1 aliphatic rings. The molecular weight excluding hydrogens is 346 g/mol. The van der Waals surface area contributed by atoms with Gasteiger partial charge in [-0.15, -0.1) is 0 Å².